The first-order valence-electron chi connectivity index (χ1n) is 7.15. The van der Waals surface area contributed by atoms with Crippen LogP contribution in [0.2, 0.25) is 0 Å². The van der Waals surface area contributed by atoms with Crippen molar-refractivity contribution in [2.45, 2.75) is 25.5 Å². The lowest BCUT2D eigenvalue weighted by molar-refractivity contribution is 0.109. The Labute approximate surface area is 135 Å². The van der Waals surface area contributed by atoms with E-state index < -0.39 is 0 Å². The lowest BCUT2D eigenvalue weighted by Gasteiger charge is -2.08. The first-order chi connectivity index (χ1) is 10.4. The van der Waals surface area contributed by atoms with Gasteiger partial charge in [-0.05, 0) is 25.0 Å². The maximum Gasteiger partial charge on any atom is 0.240 e. The van der Waals surface area contributed by atoms with Gasteiger partial charge in [-0.1, -0.05) is 17.3 Å². The molecule has 1 aromatic heterocycles. The van der Waals surface area contributed by atoms with Gasteiger partial charge in [0.15, 0.2) is 0 Å². The van der Waals surface area contributed by atoms with Crippen LogP contribution in [0, 0.1) is 0 Å². The van der Waals surface area contributed by atoms with Gasteiger partial charge in [0.2, 0.25) is 11.7 Å². The second-order valence-electron chi connectivity index (χ2n) is 4.98. The number of benzene rings is 1. The molecule has 1 atom stereocenters. The van der Waals surface area contributed by atoms with Gasteiger partial charge < -0.3 is 19.3 Å². The Morgan fingerprint density at radius 3 is 3.00 bits per heavy atom. The summed E-state index contributed by atoms with van der Waals surface area (Å²) in [7, 11) is 1.63. The van der Waals surface area contributed by atoms with Gasteiger partial charge in [-0.25, -0.2) is 0 Å². The molecular formula is C15H20ClN3O3. The highest BCUT2D eigenvalue weighted by molar-refractivity contribution is 5.85. The molecule has 22 heavy (non-hydrogen) atoms. The van der Waals surface area contributed by atoms with Crippen molar-refractivity contribution < 1.29 is 14.0 Å². The van der Waals surface area contributed by atoms with E-state index in [1.54, 1.807) is 7.11 Å². The normalized spacial score (nSPS) is 17.2. The molecule has 0 bridgehead atoms. The van der Waals surface area contributed by atoms with Crippen LogP contribution in [0.3, 0.4) is 0 Å². The summed E-state index contributed by atoms with van der Waals surface area (Å²) in [6, 6.07) is 7.62. The summed E-state index contributed by atoms with van der Waals surface area (Å²) in [5, 5.41) is 7.29. The van der Waals surface area contributed by atoms with Crippen molar-refractivity contribution in [1.29, 1.82) is 0 Å². The van der Waals surface area contributed by atoms with Gasteiger partial charge in [0.25, 0.3) is 0 Å². The van der Waals surface area contributed by atoms with E-state index >= 15 is 0 Å². The first-order valence-corrected chi connectivity index (χ1v) is 7.15. The Morgan fingerprint density at radius 2 is 2.23 bits per heavy atom. The zero-order chi connectivity index (χ0) is 14.5. The molecule has 7 heteroatoms. The van der Waals surface area contributed by atoms with Crippen LogP contribution < -0.4 is 10.1 Å². The Hall–Kier alpha value is -1.63. The molecule has 1 aliphatic rings. The highest BCUT2D eigenvalue weighted by atomic mass is 35.5. The van der Waals surface area contributed by atoms with Crippen molar-refractivity contribution >= 4 is 12.4 Å². The SMILES string of the molecule is COc1ccccc1-c1noc(CNCC2CCCO2)n1.Cl. The zero-order valence-corrected chi connectivity index (χ0v) is 13.3. The smallest absolute Gasteiger partial charge is 0.240 e. The molecule has 6 nitrogen and oxygen atoms in total. The monoisotopic (exact) mass is 325 g/mol. The third-order valence-electron chi connectivity index (χ3n) is 3.49. The highest BCUT2D eigenvalue weighted by Gasteiger charge is 2.16. The maximum absolute atomic E-state index is 5.55. The molecule has 0 amide bonds. The summed E-state index contributed by atoms with van der Waals surface area (Å²) in [6.07, 6.45) is 2.57. The van der Waals surface area contributed by atoms with E-state index in [1.807, 2.05) is 24.3 Å². The van der Waals surface area contributed by atoms with E-state index in [1.165, 1.54) is 0 Å². The van der Waals surface area contributed by atoms with Crippen LogP contribution in [-0.4, -0.2) is 36.5 Å². The van der Waals surface area contributed by atoms with Gasteiger partial charge in [0.05, 0.1) is 25.3 Å². The number of aromatic nitrogens is 2. The number of para-hydroxylation sites is 1. The topological polar surface area (TPSA) is 69.4 Å². The molecule has 2 aromatic rings. The molecular weight excluding hydrogens is 306 g/mol. The van der Waals surface area contributed by atoms with Crippen LogP contribution in [0.15, 0.2) is 28.8 Å². The Morgan fingerprint density at radius 1 is 1.36 bits per heavy atom. The van der Waals surface area contributed by atoms with Gasteiger partial charge >= 0.3 is 0 Å². The lowest BCUT2D eigenvalue weighted by atomic mass is 10.2. The minimum absolute atomic E-state index is 0. The van der Waals surface area contributed by atoms with E-state index in [9.17, 15) is 0 Å². The Bertz CT molecular complexity index is 585. The fraction of sp³-hybridized carbons (Fsp3) is 0.467. The number of nitrogens with one attached hydrogen (secondary N) is 1. The van der Waals surface area contributed by atoms with Crippen LogP contribution in [0.5, 0.6) is 5.75 Å². The molecule has 0 spiro atoms. The van der Waals surface area contributed by atoms with Crippen molar-refractivity contribution in [3.05, 3.63) is 30.2 Å². The summed E-state index contributed by atoms with van der Waals surface area (Å²) < 4.78 is 16.1. The van der Waals surface area contributed by atoms with Crippen molar-refractivity contribution in [2.75, 3.05) is 20.3 Å². The number of nitrogens with zero attached hydrogens (tertiary/aromatic N) is 2. The molecule has 0 aliphatic carbocycles. The average Bonchev–Trinajstić information content (AvgIpc) is 3.19. The fourth-order valence-corrected chi connectivity index (χ4v) is 2.41. The largest absolute Gasteiger partial charge is 0.496 e. The zero-order valence-electron chi connectivity index (χ0n) is 12.4. The number of ether oxygens (including phenoxy) is 2. The molecule has 0 saturated carbocycles. The average molecular weight is 326 g/mol. The number of rotatable bonds is 6. The van der Waals surface area contributed by atoms with Crippen LogP contribution in [0.4, 0.5) is 0 Å². The molecule has 120 valence electrons. The van der Waals surface area contributed by atoms with Gasteiger partial charge in [-0.3, -0.25) is 0 Å². The number of methoxy groups -OCH3 is 1. The summed E-state index contributed by atoms with van der Waals surface area (Å²) in [6.45, 7) is 2.22. The quantitative estimate of drug-likeness (QED) is 0.879. The second-order valence-corrected chi connectivity index (χ2v) is 4.98. The highest BCUT2D eigenvalue weighted by Crippen LogP contribution is 2.26. The first kappa shape index (κ1) is 16.7. The van der Waals surface area contributed by atoms with E-state index in [2.05, 4.69) is 15.5 Å². The van der Waals surface area contributed by atoms with E-state index in [4.69, 9.17) is 14.0 Å². The van der Waals surface area contributed by atoms with Gasteiger partial charge in [-0.15, -0.1) is 12.4 Å². The fourth-order valence-electron chi connectivity index (χ4n) is 2.41. The molecule has 3 rings (SSSR count). The third-order valence-corrected chi connectivity index (χ3v) is 3.49. The number of hydrogen-bond acceptors (Lipinski definition) is 6. The molecule has 1 unspecified atom stereocenters. The Kier molecular flexibility index (Phi) is 6.18. The molecule has 0 radical (unpaired) electrons. The summed E-state index contributed by atoms with van der Waals surface area (Å²) >= 11 is 0. The molecule has 2 heterocycles. The maximum atomic E-state index is 5.55. The lowest BCUT2D eigenvalue weighted by Crippen LogP contribution is -2.25. The predicted octanol–water partition coefficient (Wildman–Crippen LogP) is 2.44. The second kappa shape index (κ2) is 8.12. The molecule has 1 saturated heterocycles. The van der Waals surface area contributed by atoms with Crippen molar-refractivity contribution in [2.24, 2.45) is 0 Å². The number of hydrogen-bond donors (Lipinski definition) is 1. The van der Waals surface area contributed by atoms with Crippen LogP contribution in [0.1, 0.15) is 18.7 Å². The van der Waals surface area contributed by atoms with Gasteiger partial charge in [-0.2, -0.15) is 4.98 Å². The molecule has 1 N–H and O–H groups in total. The predicted molar refractivity (Wildman–Crippen MR) is 84.2 cm³/mol. The van der Waals surface area contributed by atoms with Crippen molar-refractivity contribution in [1.82, 2.24) is 15.5 Å². The molecule has 1 aromatic carbocycles. The van der Waals surface area contributed by atoms with Gasteiger partial charge in [0, 0.05) is 13.2 Å². The molecule has 1 aliphatic heterocycles. The Balaban J connectivity index is 0.00000176. The van der Waals surface area contributed by atoms with Crippen molar-refractivity contribution in [3.8, 4) is 17.1 Å². The van der Waals surface area contributed by atoms with Crippen LogP contribution >= 0.6 is 12.4 Å². The summed E-state index contributed by atoms with van der Waals surface area (Å²) in [5.74, 6) is 1.84. The summed E-state index contributed by atoms with van der Waals surface area (Å²) in [4.78, 5) is 4.39. The summed E-state index contributed by atoms with van der Waals surface area (Å²) in [5.41, 5.74) is 0.828. The standard InChI is InChI=1S/C15H19N3O3.ClH/c1-19-13-7-3-2-6-12(13)15-17-14(21-18-15)10-16-9-11-5-4-8-20-11;/h2-3,6-7,11,16H,4-5,8-10H2,1H3;1H. The minimum atomic E-state index is 0. The minimum Gasteiger partial charge on any atom is -0.496 e. The molecule has 1 fully saturated rings. The van der Waals surface area contributed by atoms with Gasteiger partial charge in [0.1, 0.15) is 5.75 Å². The third kappa shape index (κ3) is 3.97. The van der Waals surface area contributed by atoms with E-state index in [-0.39, 0.29) is 12.4 Å². The van der Waals surface area contributed by atoms with E-state index in [0.29, 0.717) is 24.4 Å². The number of halogens is 1. The van der Waals surface area contributed by atoms with Crippen molar-refractivity contribution in [3.63, 3.8) is 0 Å². The van der Waals surface area contributed by atoms with E-state index in [0.717, 1.165) is 37.3 Å². The van der Waals surface area contributed by atoms with Crippen LogP contribution in [0.25, 0.3) is 11.4 Å². The van der Waals surface area contributed by atoms with Crippen LogP contribution in [-0.2, 0) is 11.3 Å².